The molecule has 2 fully saturated rings. The van der Waals surface area contributed by atoms with E-state index in [1.807, 2.05) is 71.1 Å². The number of amides is 1. The summed E-state index contributed by atoms with van der Waals surface area (Å²) < 4.78 is 12.5. The molecule has 10 nitrogen and oxygen atoms in total. The first-order valence-corrected chi connectivity index (χ1v) is 12.7. The van der Waals surface area contributed by atoms with Gasteiger partial charge in [-0.2, -0.15) is 10.1 Å². The van der Waals surface area contributed by atoms with Crippen LogP contribution in [0.15, 0.2) is 59.1 Å². The molecule has 0 radical (unpaired) electrons. The van der Waals surface area contributed by atoms with Gasteiger partial charge >= 0.3 is 0 Å². The first-order chi connectivity index (χ1) is 18.4. The van der Waals surface area contributed by atoms with Gasteiger partial charge in [-0.05, 0) is 43.3 Å². The van der Waals surface area contributed by atoms with Crippen LogP contribution in [0.5, 0.6) is 0 Å². The number of carbonyl (C=O) groups is 1. The fourth-order valence-electron chi connectivity index (χ4n) is 4.78. The topological polar surface area (TPSA) is 110 Å². The van der Waals surface area contributed by atoms with Crippen molar-refractivity contribution in [2.75, 3.05) is 46.4 Å². The molecule has 1 amide bonds. The fraction of sp³-hybridized carbons (Fsp3) is 0.357. The van der Waals surface area contributed by atoms with Gasteiger partial charge < -0.3 is 24.2 Å². The van der Waals surface area contributed by atoms with Gasteiger partial charge in [-0.1, -0.05) is 41.6 Å². The van der Waals surface area contributed by atoms with E-state index in [1.165, 1.54) is 0 Å². The molecule has 2 aliphatic rings. The van der Waals surface area contributed by atoms with Gasteiger partial charge in [0.15, 0.2) is 5.69 Å². The number of nitrogens with zero attached hydrogens (tertiary/aromatic N) is 6. The second kappa shape index (κ2) is 9.79. The highest BCUT2D eigenvalue weighted by Gasteiger charge is 2.37. The maximum atomic E-state index is 13.0. The Bertz CT molecular complexity index is 1450. The quantitative estimate of drug-likeness (QED) is 0.418. The molecule has 10 heteroatoms. The summed E-state index contributed by atoms with van der Waals surface area (Å²) in [5, 5.41) is 19.3. The fourth-order valence-corrected chi connectivity index (χ4v) is 4.78. The number of carbonyl (C=O) groups excluding carboxylic acids is 1. The van der Waals surface area contributed by atoms with Crippen LogP contribution in [0, 0.1) is 6.92 Å². The van der Waals surface area contributed by atoms with Crippen molar-refractivity contribution in [1.82, 2.24) is 29.7 Å². The number of piperazine rings is 1. The SMILES string of the molecule is Cc1cc(-c2nc(-c3ccc(C4(O)COC4)cc3)no2)nn1Cc1cccc(C(=O)N2CCN(C)CC2)c1. The van der Waals surface area contributed by atoms with Crippen molar-refractivity contribution in [3.05, 3.63) is 77.0 Å². The Morgan fingerprint density at radius 2 is 1.82 bits per heavy atom. The maximum absolute atomic E-state index is 13.0. The van der Waals surface area contributed by atoms with E-state index in [1.54, 1.807) is 0 Å². The third-order valence-electron chi connectivity index (χ3n) is 7.29. The number of benzene rings is 2. The molecule has 0 spiro atoms. The van der Waals surface area contributed by atoms with Crippen LogP contribution in [0.1, 0.15) is 27.2 Å². The first-order valence-electron chi connectivity index (χ1n) is 12.7. The summed E-state index contributed by atoms with van der Waals surface area (Å²) in [6, 6.07) is 17.1. The van der Waals surface area contributed by atoms with Gasteiger partial charge in [0.05, 0.1) is 19.8 Å². The van der Waals surface area contributed by atoms with Crippen LogP contribution >= 0.6 is 0 Å². The average Bonchev–Trinajstić information content (AvgIpc) is 3.55. The summed E-state index contributed by atoms with van der Waals surface area (Å²) in [5.41, 5.74) is 3.89. The van der Waals surface area contributed by atoms with Crippen LogP contribution in [-0.2, 0) is 16.9 Å². The molecular weight excluding hydrogens is 484 g/mol. The van der Waals surface area contributed by atoms with Crippen molar-refractivity contribution in [2.24, 2.45) is 0 Å². The highest BCUT2D eigenvalue weighted by Crippen LogP contribution is 2.31. The summed E-state index contributed by atoms with van der Waals surface area (Å²) in [4.78, 5) is 21.7. The number of aliphatic hydroxyl groups is 1. The standard InChI is InChI=1S/C28H30N6O4/c1-19-14-24(26-29-25(31-38-26)21-6-8-23(9-7-21)28(36)17-37-18-28)30-34(19)16-20-4-3-5-22(15-20)27(35)33-12-10-32(2)11-13-33/h3-9,14-15,36H,10-13,16-18H2,1-2H3. The van der Waals surface area contributed by atoms with E-state index in [2.05, 4.69) is 22.1 Å². The molecule has 0 aliphatic carbocycles. The third kappa shape index (κ3) is 4.73. The average molecular weight is 515 g/mol. The summed E-state index contributed by atoms with van der Waals surface area (Å²) in [5.74, 6) is 0.848. The van der Waals surface area contributed by atoms with E-state index < -0.39 is 5.60 Å². The predicted molar refractivity (Wildman–Crippen MR) is 139 cm³/mol. The molecule has 1 N–H and O–H groups in total. The van der Waals surface area contributed by atoms with Gasteiger partial charge in [-0.15, -0.1) is 0 Å². The predicted octanol–water partition coefficient (Wildman–Crippen LogP) is 2.56. The van der Waals surface area contributed by atoms with Crippen LogP contribution in [0.2, 0.25) is 0 Å². The molecule has 0 atom stereocenters. The van der Waals surface area contributed by atoms with E-state index in [9.17, 15) is 9.90 Å². The molecule has 4 heterocycles. The Hall–Kier alpha value is -3.86. The van der Waals surface area contributed by atoms with Crippen LogP contribution < -0.4 is 0 Å². The number of aryl methyl sites for hydroxylation is 1. The minimum Gasteiger partial charge on any atom is -0.380 e. The zero-order valence-corrected chi connectivity index (χ0v) is 21.5. The van der Waals surface area contributed by atoms with Crippen LogP contribution in [0.25, 0.3) is 23.0 Å². The van der Waals surface area contributed by atoms with Crippen molar-refractivity contribution in [1.29, 1.82) is 0 Å². The zero-order valence-electron chi connectivity index (χ0n) is 21.5. The molecule has 0 bridgehead atoms. The Morgan fingerprint density at radius 1 is 1.05 bits per heavy atom. The number of ether oxygens (including phenoxy) is 1. The minimum absolute atomic E-state index is 0.0689. The number of aromatic nitrogens is 4. The Morgan fingerprint density at radius 3 is 2.53 bits per heavy atom. The summed E-state index contributed by atoms with van der Waals surface area (Å²) in [6.07, 6.45) is 0. The lowest BCUT2D eigenvalue weighted by atomic mass is 9.91. The lowest BCUT2D eigenvalue weighted by molar-refractivity contribution is -0.184. The van der Waals surface area contributed by atoms with E-state index in [4.69, 9.17) is 14.4 Å². The van der Waals surface area contributed by atoms with Crippen molar-refractivity contribution in [3.63, 3.8) is 0 Å². The molecule has 2 aromatic heterocycles. The zero-order chi connectivity index (χ0) is 26.3. The Labute approximate surface area is 220 Å². The monoisotopic (exact) mass is 514 g/mol. The lowest BCUT2D eigenvalue weighted by Crippen LogP contribution is -2.47. The molecule has 0 saturated carbocycles. The molecule has 4 aromatic rings. The van der Waals surface area contributed by atoms with Gasteiger partial charge in [-0.25, -0.2) is 0 Å². The number of rotatable bonds is 6. The summed E-state index contributed by atoms with van der Waals surface area (Å²) >= 11 is 0. The van der Waals surface area contributed by atoms with Crippen molar-refractivity contribution < 1.29 is 19.2 Å². The molecule has 38 heavy (non-hydrogen) atoms. The molecule has 6 rings (SSSR count). The normalized spacial score (nSPS) is 17.4. The van der Waals surface area contributed by atoms with Crippen LogP contribution in [0.4, 0.5) is 0 Å². The van der Waals surface area contributed by atoms with Crippen molar-refractivity contribution >= 4 is 5.91 Å². The second-order valence-electron chi connectivity index (χ2n) is 10.1. The van der Waals surface area contributed by atoms with E-state index in [0.29, 0.717) is 42.7 Å². The van der Waals surface area contributed by atoms with E-state index >= 15 is 0 Å². The number of likely N-dealkylation sites (N-methyl/N-ethyl adjacent to an activating group) is 1. The third-order valence-corrected chi connectivity index (χ3v) is 7.29. The Kier molecular flexibility index (Phi) is 6.30. The molecular formula is C28H30N6O4. The van der Waals surface area contributed by atoms with Gasteiger partial charge in [-0.3, -0.25) is 9.48 Å². The highest BCUT2D eigenvalue weighted by atomic mass is 16.5. The van der Waals surface area contributed by atoms with Crippen molar-refractivity contribution in [2.45, 2.75) is 19.1 Å². The van der Waals surface area contributed by atoms with Crippen LogP contribution in [0.3, 0.4) is 0 Å². The lowest BCUT2D eigenvalue weighted by Gasteiger charge is -2.36. The second-order valence-corrected chi connectivity index (χ2v) is 10.1. The van der Waals surface area contributed by atoms with Crippen LogP contribution in [-0.4, -0.2) is 87.2 Å². The smallest absolute Gasteiger partial charge is 0.278 e. The summed E-state index contributed by atoms with van der Waals surface area (Å²) in [7, 11) is 2.08. The van der Waals surface area contributed by atoms with Gasteiger partial charge in [0.1, 0.15) is 5.60 Å². The van der Waals surface area contributed by atoms with Crippen molar-refractivity contribution in [3.8, 4) is 23.0 Å². The minimum atomic E-state index is -0.914. The first kappa shape index (κ1) is 24.5. The molecule has 2 aliphatic heterocycles. The maximum Gasteiger partial charge on any atom is 0.278 e. The molecule has 0 unspecified atom stereocenters. The summed E-state index contributed by atoms with van der Waals surface area (Å²) in [6.45, 7) is 6.37. The number of hydrogen-bond donors (Lipinski definition) is 1. The molecule has 2 aromatic carbocycles. The van der Waals surface area contributed by atoms with Gasteiger partial charge in [0, 0.05) is 43.0 Å². The molecule has 2 saturated heterocycles. The largest absolute Gasteiger partial charge is 0.380 e. The van der Waals surface area contributed by atoms with Gasteiger partial charge in [0.2, 0.25) is 5.82 Å². The van der Waals surface area contributed by atoms with Gasteiger partial charge in [0.25, 0.3) is 11.8 Å². The number of hydrogen-bond acceptors (Lipinski definition) is 8. The molecule has 196 valence electrons. The van der Waals surface area contributed by atoms with E-state index in [0.717, 1.165) is 48.6 Å². The highest BCUT2D eigenvalue weighted by molar-refractivity contribution is 5.94. The van der Waals surface area contributed by atoms with E-state index in [-0.39, 0.29) is 5.91 Å². The Balaban J connectivity index is 1.16.